The maximum Gasteiger partial charge on any atom is 0.326 e. The van der Waals surface area contributed by atoms with Gasteiger partial charge in [0.25, 0.3) is 0 Å². The molecule has 13 N–H and O–H groups in total. The van der Waals surface area contributed by atoms with E-state index >= 15 is 0 Å². The van der Waals surface area contributed by atoms with Crippen molar-refractivity contribution in [2.75, 3.05) is 19.7 Å². The number of nitrogens with zero attached hydrogens (tertiary/aromatic N) is 4. The van der Waals surface area contributed by atoms with Gasteiger partial charge in [-0.15, -0.1) is 5.53 Å². The van der Waals surface area contributed by atoms with Crippen molar-refractivity contribution < 1.29 is 34.2 Å². The second kappa shape index (κ2) is 22.2. The zero-order valence-electron chi connectivity index (χ0n) is 26.4. The van der Waals surface area contributed by atoms with Gasteiger partial charge in [0.05, 0.1) is 13.2 Å². The number of nitrogens with two attached hydrogens (primary N) is 3. The Kier molecular flexibility index (Phi) is 20.1. The number of carbonyl (C=O) groups excluding carboxylic acids is 4. The highest BCUT2D eigenvalue weighted by Gasteiger charge is 2.33. The monoisotopic (exact) mass is 642 g/mol. The highest BCUT2D eigenvalue weighted by molar-refractivity contribution is 5.95. The molecule has 19 nitrogen and oxygen atoms in total. The van der Waals surface area contributed by atoms with E-state index in [0.717, 1.165) is 0 Å². The molecule has 0 bridgehead atoms. The van der Waals surface area contributed by atoms with Gasteiger partial charge in [-0.1, -0.05) is 27.7 Å². The van der Waals surface area contributed by atoms with E-state index in [-0.39, 0.29) is 44.1 Å². The van der Waals surface area contributed by atoms with Gasteiger partial charge in [0.1, 0.15) is 30.2 Å². The molecule has 0 aromatic carbocycles. The molecule has 0 saturated carbocycles. The smallest absolute Gasteiger partial charge is 0.326 e. The number of unbranched alkanes of at least 4 members (excludes halogenated alkanes) is 1. The Morgan fingerprint density at radius 2 is 1.40 bits per heavy atom. The summed E-state index contributed by atoms with van der Waals surface area (Å²) in [6.45, 7) is 6.84. The molecule has 0 aliphatic rings. The zero-order chi connectivity index (χ0) is 34.5. The van der Waals surface area contributed by atoms with E-state index in [4.69, 9.17) is 22.7 Å². The lowest BCUT2D eigenvalue weighted by Gasteiger charge is -2.28. The van der Waals surface area contributed by atoms with Crippen LogP contribution < -0.4 is 43.9 Å². The number of carbonyl (C=O) groups is 5. The standard InChI is InChI=1S/C26H50N12O7/c1-14(2)12-19(35-21(40)16(27)13-39)23(42)36-20(15(3)4)24(43)33-17(9-7-10-31-26(28)29)22(41)34-18(25(44)45)8-5-6-11-32-38-37-30/h14-20,32,39H,5-13,27H2,1-4H3,(H,33,43)(H,34,41)(H,35,40)(H,36,42)(H,44,45)(H4,28,29,31)/t16-,17-,18-,19-,20-/m0/s1. The molecular weight excluding hydrogens is 592 g/mol. The summed E-state index contributed by atoms with van der Waals surface area (Å²) in [4.78, 5) is 70.5. The van der Waals surface area contributed by atoms with Gasteiger partial charge in [0.2, 0.25) is 23.6 Å². The Balaban J connectivity index is 5.81. The van der Waals surface area contributed by atoms with Gasteiger partial charge in [-0.25, -0.2) is 4.79 Å². The number of hydrogen-bond donors (Lipinski definition) is 10. The third-order valence-electron chi connectivity index (χ3n) is 6.46. The average Bonchev–Trinajstić information content (AvgIpc) is 2.96. The van der Waals surface area contributed by atoms with Crippen LogP contribution in [0.25, 0.3) is 10.4 Å². The van der Waals surface area contributed by atoms with Gasteiger partial charge >= 0.3 is 5.97 Å². The molecule has 0 rings (SSSR count). The van der Waals surface area contributed by atoms with Gasteiger partial charge in [0, 0.05) is 6.54 Å². The number of hydrogen-bond acceptors (Lipinski definition) is 9. The molecule has 19 heteroatoms. The summed E-state index contributed by atoms with van der Waals surface area (Å²) < 4.78 is 0. The van der Waals surface area contributed by atoms with Crippen LogP contribution in [-0.4, -0.2) is 95.7 Å². The van der Waals surface area contributed by atoms with Crippen molar-refractivity contribution in [2.45, 2.75) is 96.4 Å². The predicted molar refractivity (Wildman–Crippen MR) is 166 cm³/mol. The van der Waals surface area contributed by atoms with Crippen molar-refractivity contribution in [3.05, 3.63) is 10.4 Å². The molecule has 0 aromatic rings. The molecule has 0 aliphatic heterocycles. The van der Waals surface area contributed by atoms with E-state index in [1.165, 1.54) is 0 Å². The molecule has 0 aromatic heterocycles. The number of aliphatic imine (C=N–C) groups is 1. The SMILES string of the molecule is CC(C)C[C@H](NC(=O)[C@@H](N)CO)C(=O)N[C@H](C(=O)N[C@@H](CCCN=C(N)N)C(=O)N[C@@H](CCCCNN=[N+]=[N-])C(=O)O)C(C)C. The lowest BCUT2D eigenvalue weighted by atomic mass is 9.99. The van der Waals surface area contributed by atoms with Crippen LogP contribution in [-0.2, 0) is 24.0 Å². The van der Waals surface area contributed by atoms with E-state index in [2.05, 4.69) is 41.8 Å². The molecule has 0 unspecified atom stereocenters. The highest BCUT2D eigenvalue weighted by atomic mass is 16.4. The van der Waals surface area contributed by atoms with E-state index in [1.807, 2.05) is 13.8 Å². The van der Waals surface area contributed by atoms with E-state index < -0.39 is 72.3 Å². The molecule has 0 radical (unpaired) electrons. The Hall–Kier alpha value is -4.35. The number of aliphatic hydroxyl groups is 1. The van der Waals surface area contributed by atoms with Crippen LogP contribution in [0.2, 0.25) is 0 Å². The lowest BCUT2D eigenvalue weighted by Crippen LogP contribution is -2.60. The van der Waals surface area contributed by atoms with Crippen molar-refractivity contribution in [2.24, 2.45) is 39.3 Å². The zero-order valence-corrected chi connectivity index (χ0v) is 26.4. The molecule has 0 fully saturated rings. The molecule has 0 spiro atoms. The first-order valence-corrected chi connectivity index (χ1v) is 14.8. The molecular formula is C26H50N12O7. The van der Waals surface area contributed by atoms with E-state index in [1.54, 1.807) is 13.8 Å². The summed E-state index contributed by atoms with van der Waals surface area (Å²) >= 11 is 0. The highest BCUT2D eigenvalue weighted by Crippen LogP contribution is 2.10. The first-order valence-electron chi connectivity index (χ1n) is 14.8. The third-order valence-corrected chi connectivity index (χ3v) is 6.46. The first-order chi connectivity index (χ1) is 21.1. The van der Waals surface area contributed by atoms with Crippen LogP contribution in [0.4, 0.5) is 0 Å². The number of aliphatic carboxylic acids is 1. The molecule has 5 atom stereocenters. The van der Waals surface area contributed by atoms with Crippen LogP contribution in [0.5, 0.6) is 0 Å². The number of carboxylic acid groups (broad SMARTS) is 1. The Labute approximate surface area is 262 Å². The molecule has 0 aliphatic carbocycles. The number of nitrogens with one attached hydrogen (secondary N) is 5. The van der Waals surface area contributed by atoms with Crippen molar-refractivity contribution in [1.82, 2.24) is 26.7 Å². The minimum atomic E-state index is -1.27. The first kappa shape index (κ1) is 40.6. The second-order valence-corrected chi connectivity index (χ2v) is 11.2. The summed E-state index contributed by atoms with van der Waals surface area (Å²) in [5.74, 6) is -4.79. The number of carboxylic acids is 1. The quantitative estimate of drug-likeness (QED) is 0.0111. The van der Waals surface area contributed by atoms with Crippen LogP contribution in [0.3, 0.4) is 0 Å². The van der Waals surface area contributed by atoms with Gasteiger partial charge in [0.15, 0.2) is 5.96 Å². The van der Waals surface area contributed by atoms with Crippen LogP contribution in [0.1, 0.15) is 66.2 Å². The minimum Gasteiger partial charge on any atom is -0.480 e. The number of amides is 4. The van der Waals surface area contributed by atoms with Gasteiger partial charge in [-0.05, 0) is 55.6 Å². The van der Waals surface area contributed by atoms with E-state index in [9.17, 15) is 34.2 Å². The predicted octanol–water partition coefficient (Wildman–Crippen LogP) is -1.93. The maximum absolute atomic E-state index is 13.4. The Morgan fingerprint density at radius 1 is 0.822 bits per heavy atom. The lowest BCUT2D eigenvalue weighted by molar-refractivity contribution is -0.142. The second-order valence-electron chi connectivity index (χ2n) is 11.2. The third kappa shape index (κ3) is 17.5. The topological polar surface area (TPSA) is 325 Å². The fraction of sp³-hybridized carbons (Fsp3) is 0.769. The van der Waals surface area contributed by atoms with Crippen molar-refractivity contribution >= 4 is 35.6 Å². The Morgan fingerprint density at radius 3 is 1.93 bits per heavy atom. The van der Waals surface area contributed by atoms with Crippen molar-refractivity contribution in [3.8, 4) is 0 Å². The largest absolute Gasteiger partial charge is 0.480 e. The van der Waals surface area contributed by atoms with Crippen LogP contribution in [0.15, 0.2) is 10.2 Å². The Bertz CT molecular complexity index is 1050. The number of guanidine groups is 1. The molecule has 4 amide bonds. The molecule has 0 saturated heterocycles. The summed E-state index contributed by atoms with van der Waals surface area (Å²) in [5.41, 5.74) is 27.0. The van der Waals surface area contributed by atoms with Gasteiger partial charge < -0.3 is 48.7 Å². The summed E-state index contributed by atoms with van der Waals surface area (Å²) in [6.07, 6.45) is 1.44. The molecule has 256 valence electrons. The summed E-state index contributed by atoms with van der Waals surface area (Å²) in [6, 6.07) is -5.89. The minimum absolute atomic E-state index is 0.0273. The number of aliphatic hydroxyl groups excluding tert-OH is 1. The average molecular weight is 643 g/mol. The fourth-order valence-corrected chi connectivity index (χ4v) is 4.05. The fourth-order valence-electron chi connectivity index (χ4n) is 4.05. The number of rotatable bonds is 23. The number of azide groups is 1. The van der Waals surface area contributed by atoms with E-state index in [0.29, 0.717) is 19.4 Å². The molecule has 45 heavy (non-hydrogen) atoms. The summed E-state index contributed by atoms with van der Waals surface area (Å²) in [5, 5.41) is 32.2. The maximum atomic E-state index is 13.4. The molecule has 0 heterocycles. The van der Waals surface area contributed by atoms with Crippen LogP contribution in [0, 0.1) is 11.8 Å². The van der Waals surface area contributed by atoms with Crippen LogP contribution >= 0.6 is 0 Å². The van der Waals surface area contributed by atoms with Crippen molar-refractivity contribution in [3.63, 3.8) is 0 Å². The van der Waals surface area contributed by atoms with Crippen molar-refractivity contribution in [1.29, 1.82) is 0 Å². The van der Waals surface area contributed by atoms with Gasteiger partial charge in [-0.3, -0.25) is 29.6 Å². The normalized spacial score (nSPS) is 14.1. The summed E-state index contributed by atoms with van der Waals surface area (Å²) in [7, 11) is 0. The van der Waals surface area contributed by atoms with Gasteiger partial charge in [-0.2, -0.15) is 4.91 Å².